The highest BCUT2D eigenvalue weighted by Crippen LogP contribution is 2.56. The maximum absolute atomic E-state index is 13.4. The molecule has 2 heterocycles. The van der Waals surface area contributed by atoms with E-state index in [4.69, 9.17) is 0 Å². The number of hydrogen-bond acceptors (Lipinski definition) is 6. The van der Waals surface area contributed by atoms with Gasteiger partial charge in [0.15, 0.2) is 0 Å². The summed E-state index contributed by atoms with van der Waals surface area (Å²) in [4.78, 5) is 32.1. The fourth-order valence-corrected chi connectivity index (χ4v) is 4.79. The number of amides is 3. The zero-order chi connectivity index (χ0) is 23.5. The third kappa shape index (κ3) is 3.04. The molecule has 1 N–H and O–H groups in total. The highest BCUT2D eigenvalue weighted by molar-refractivity contribution is 7.92. The SMILES string of the molecule is CCNc1cnccc1N1C(=O)N(c2ccc(S(=O)(=O)C(F)(F)F)cc2)C(=O)C12CC2C. The number of carbonyl (C=O) groups excluding carboxylic acids is 2. The molecule has 0 bridgehead atoms. The van der Waals surface area contributed by atoms with Crippen LogP contribution in [0.15, 0.2) is 47.6 Å². The zero-order valence-electron chi connectivity index (χ0n) is 17.0. The molecule has 4 rings (SSSR count). The molecule has 12 heteroatoms. The number of rotatable bonds is 5. The highest BCUT2D eigenvalue weighted by atomic mass is 32.2. The average Bonchev–Trinajstić information content (AvgIpc) is 3.34. The Morgan fingerprint density at radius 2 is 1.81 bits per heavy atom. The first kappa shape index (κ1) is 22.1. The molecular weight excluding hydrogens is 449 g/mol. The summed E-state index contributed by atoms with van der Waals surface area (Å²) in [5.74, 6) is -0.655. The smallest absolute Gasteiger partial charge is 0.382 e. The van der Waals surface area contributed by atoms with Gasteiger partial charge in [-0.15, -0.1) is 0 Å². The van der Waals surface area contributed by atoms with Crippen LogP contribution in [0.4, 0.5) is 35.0 Å². The van der Waals surface area contributed by atoms with Crippen LogP contribution in [0.1, 0.15) is 20.3 Å². The van der Waals surface area contributed by atoms with Gasteiger partial charge < -0.3 is 5.32 Å². The van der Waals surface area contributed by atoms with Crippen LogP contribution in [0.25, 0.3) is 0 Å². The van der Waals surface area contributed by atoms with Crippen LogP contribution in [0.5, 0.6) is 0 Å². The topological polar surface area (TPSA) is 99.7 Å². The van der Waals surface area contributed by atoms with E-state index in [0.717, 1.165) is 29.2 Å². The molecule has 8 nitrogen and oxygen atoms in total. The molecule has 2 atom stereocenters. The van der Waals surface area contributed by atoms with Crippen LogP contribution >= 0.6 is 0 Å². The van der Waals surface area contributed by atoms with Crippen LogP contribution in [0.2, 0.25) is 0 Å². The standard InChI is InChI=1S/C20H19F3N4O4S/c1-3-25-15-11-24-9-8-16(15)27-18(29)26(17(28)19(27)10-12(19)2)13-4-6-14(7-5-13)32(30,31)20(21,22)23/h4-9,11-12,25H,3,10H2,1-2H3. The van der Waals surface area contributed by atoms with Crippen LogP contribution in [-0.4, -0.2) is 42.9 Å². The molecular formula is C20H19F3N4O4S. The third-order valence-electron chi connectivity index (χ3n) is 5.74. The normalized spacial score (nSPS) is 23.2. The minimum Gasteiger partial charge on any atom is -0.382 e. The fourth-order valence-electron chi connectivity index (χ4n) is 4.03. The van der Waals surface area contributed by atoms with Crippen LogP contribution in [-0.2, 0) is 14.6 Å². The number of carbonyl (C=O) groups is 2. The number of sulfone groups is 1. The predicted molar refractivity (Wildman–Crippen MR) is 110 cm³/mol. The molecule has 2 aliphatic rings. The molecule has 1 saturated heterocycles. The van der Waals surface area contributed by atoms with E-state index in [1.165, 1.54) is 17.3 Å². The summed E-state index contributed by atoms with van der Waals surface area (Å²) in [6, 6.07) is 4.46. The largest absolute Gasteiger partial charge is 0.501 e. The van der Waals surface area contributed by atoms with Crippen molar-refractivity contribution in [2.24, 2.45) is 5.92 Å². The van der Waals surface area contributed by atoms with Gasteiger partial charge in [-0.25, -0.2) is 18.1 Å². The summed E-state index contributed by atoms with van der Waals surface area (Å²) < 4.78 is 61.7. The number of alkyl halides is 3. The van der Waals surface area contributed by atoms with Gasteiger partial charge in [0.05, 0.1) is 28.2 Å². The van der Waals surface area contributed by atoms with E-state index in [-0.39, 0.29) is 11.6 Å². The van der Waals surface area contributed by atoms with E-state index in [2.05, 4.69) is 10.3 Å². The Morgan fingerprint density at radius 3 is 2.34 bits per heavy atom. The number of nitrogens with one attached hydrogen (secondary N) is 1. The number of aromatic nitrogens is 1. The number of imide groups is 1. The van der Waals surface area contributed by atoms with Crippen molar-refractivity contribution >= 4 is 38.8 Å². The van der Waals surface area contributed by atoms with Crippen molar-refractivity contribution < 1.29 is 31.2 Å². The second-order valence-electron chi connectivity index (χ2n) is 7.65. The van der Waals surface area contributed by atoms with Gasteiger partial charge in [-0.3, -0.25) is 14.7 Å². The van der Waals surface area contributed by atoms with Crippen LogP contribution < -0.4 is 15.1 Å². The van der Waals surface area contributed by atoms with Crippen molar-refractivity contribution in [2.45, 2.75) is 36.2 Å². The number of hydrogen-bond donors (Lipinski definition) is 1. The first-order valence-electron chi connectivity index (χ1n) is 9.75. The molecule has 170 valence electrons. The lowest BCUT2D eigenvalue weighted by Crippen LogP contribution is -2.39. The molecule has 1 aromatic heterocycles. The molecule has 32 heavy (non-hydrogen) atoms. The fraction of sp³-hybridized carbons (Fsp3) is 0.350. The first-order chi connectivity index (χ1) is 15.0. The van der Waals surface area contributed by atoms with Crippen LogP contribution in [0, 0.1) is 5.92 Å². The summed E-state index contributed by atoms with van der Waals surface area (Å²) in [6.45, 7) is 4.25. The van der Waals surface area contributed by atoms with Gasteiger partial charge >= 0.3 is 11.5 Å². The van der Waals surface area contributed by atoms with Gasteiger partial charge in [0.25, 0.3) is 15.7 Å². The Balaban J connectivity index is 1.75. The predicted octanol–water partition coefficient (Wildman–Crippen LogP) is 3.56. The first-order valence-corrected chi connectivity index (χ1v) is 11.2. The number of anilines is 3. The minimum absolute atomic E-state index is 0.0128. The van der Waals surface area contributed by atoms with E-state index < -0.39 is 37.7 Å². The molecule has 2 fully saturated rings. The van der Waals surface area contributed by atoms with Gasteiger partial charge in [0, 0.05) is 12.7 Å². The van der Waals surface area contributed by atoms with E-state index >= 15 is 0 Å². The Hall–Kier alpha value is -3.15. The van der Waals surface area contributed by atoms with Gasteiger partial charge in [0.2, 0.25) is 0 Å². The summed E-state index contributed by atoms with van der Waals surface area (Å²) in [5, 5.41) is 3.10. The Kier molecular flexibility index (Phi) is 4.96. The number of urea groups is 1. The molecule has 1 aliphatic carbocycles. The molecule has 1 spiro atoms. The van der Waals surface area contributed by atoms with E-state index in [9.17, 15) is 31.2 Å². The lowest BCUT2D eigenvalue weighted by molar-refractivity contribution is -0.119. The minimum atomic E-state index is -5.54. The average molecular weight is 468 g/mol. The molecule has 1 aromatic carbocycles. The summed E-state index contributed by atoms with van der Waals surface area (Å²) in [5.41, 5.74) is -5.56. The molecule has 0 radical (unpaired) electrons. The number of pyridine rings is 1. The molecule has 2 unspecified atom stereocenters. The van der Waals surface area contributed by atoms with E-state index in [0.29, 0.717) is 24.3 Å². The summed E-state index contributed by atoms with van der Waals surface area (Å²) >= 11 is 0. The van der Waals surface area contributed by atoms with Crippen molar-refractivity contribution in [1.82, 2.24) is 4.98 Å². The Morgan fingerprint density at radius 1 is 1.19 bits per heavy atom. The Bertz CT molecular complexity index is 1200. The van der Waals surface area contributed by atoms with Crippen molar-refractivity contribution in [2.75, 3.05) is 21.7 Å². The molecule has 3 amide bonds. The Labute approximate surface area is 181 Å². The van der Waals surface area contributed by atoms with E-state index in [1.807, 2.05) is 13.8 Å². The number of nitrogens with zero attached hydrogens (tertiary/aromatic N) is 3. The van der Waals surface area contributed by atoms with Gasteiger partial charge in [-0.1, -0.05) is 6.92 Å². The second kappa shape index (κ2) is 7.19. The second-order valence-corrected chi connectivity index (χ2v) is 9.60. The van der Waals surface area contributed by atoms with Crippen molar-refractivity contribution in [3.05, 3.63) is 42.7 Å². The zero-order valence-corrected chi connectivity index (χ0v) is 17.9. The summed E-state index contributed by atoms with van der Waals surface area (Å²) in [7, 11) is -5.54. The van der Waals surface area contributed by atoms with Crippen LogP contribution in [0.3, 0.4) is 0 Å². The van der Waals surface area contributed by atoms with E-state index in [1.54, 1.807) is 6.07 Å². The molecule has 2 aromatic rings. The van der Waals surface area contributed by atoms with Gasteiger partial charge in [0.1, 0.15) is 5.54 Å². The summed E-state index contributed by atoms with van der Waals surface area (Å²) in [6.07, 6.45) is 3.45. The number of halogens is 3. The quantitative estimate of drug-likeness (QED) is 0.674. The van der Waals surface area contributed by atoms with Crippen molar-refractivity contribution in [3.8, 4) is 0 Å². The van der Waals surface area contributed by atoms with Gasteiger partial charge in [-0.05, 0) is 49.6 Å². The lowest BCUT2D eigenvalue weighted by atomic mass is 10.1. The van der Waals surface area contributed by atoms with Crippen molar-refractivity contribution in [1.29, 1.82) is 0 Å². The third-order valence-corrected chi connectivity index (χ3v) is 7.25. The molecule has 1 aliphatic heterocycles. The molecule has 1 saturated carbocycles. The lowest BCUT2D eigenvalue weighted by Gasteiger charge is -2.24. The van der Waals surface area contributed by atoms with Gasteiger partial charge in [-0.2, -0.15) is 13.2 Å². The monoisotopic (exact) mass is 468 g/mol. The number of benzene rings is 1. The van der Waals surface area contributed by atoms with Crippen molar-refractivity contribution in [3.63, 3.8) is 0 Å². The highest BCUT2D eigenvalue weighted by Gasteiger charge is 2.70. The maximum Gasteiger partial charge on any atom is 0.501 e. The maximum atomic E-state index is 13.4.